The van der Waals surface area contributed by atoms with Crippen molar-refractivity contribution in [2.45, 2.75) is 31.6 Å². The van der Waals surface area contributed by atoms with Crippen LogP contribution in [0.2, 0.25) is 0 Å². The van der Waals surface area contributed by atoms with Gasteiger partial charge in [-0.1, -0.05) is 12.1 Å². The van der Waals surface area contributed by atoms with Gasteiger partial charge in [-0.15, -0.1) is 0 Å². The first-order valence-corrected chi connectivity index (χ1v) is 9.77. The number of aryl methyl sites for hydroxylation is 2. The van der Waals surface area contributed by atoms with E-state index in [9.17, 15) is 13.2 Å². The lowest BCUT2D eigenvalue weighted by atomic mass is 10.0. The Hall–Kier alpha value is -2.34. The summed E-state index contributed by atoms with van der Waals surface area (Å²) < 4.78 is 27.7. The zero-order chi connectivity index (χ0) is 18.2. The topological polar surface area (TPSA) is 57.7 Å². The highest BCUT2D eigenvalue weighted by atomic mass is 32.2. The quantitative estimate of drug-likeness (QED) is 0.844. The maximum Gasteiger partial charge on any atom is 0.264 e. The van der Waals surface area contributed by atoms with Crippen LogP contribution in [0, 0.1) is 6.92 Å². The van der Waals surface area contributed by atoms with Crippen LogP contribution in [-0.4, -0.2) is 27.9 Å². The Morgan fingerprint density at radius 1 is 1.12 bits per heavy atom. The molecule has 6 heteroatoms. The van der Waals surface area contributed by atoms with Crippen LogP contribution in [0.5, 0.6) is 0 Å². The van der Waals surface area contributed by atoms with Crippen LogP contribution < -0.4 is 9.21 Å². The lowest BCUT2D eigenvalue weighted by Gasteiger charge is -2.27. The molecule has 0 spiro atoms. The highest BCUT2D eigenvalue weighted by Crippen LogP contribution is 2.31. The van der Waals surface area contributed by atoms with Crippen LogP contribution >= 0.6 is 0 Å². The summed E-state index contributed by atoms with van der Waals surface area (Å²) in [6.45, 7) is 4.11. The molecule has 0 saturated heterocycles. The van der Waals surface area contributed by atoms with Crippen LogP contribution in [0.3, 0.4) is 0 Å². The summed E-state index contributed by atoms with van der Waals surface area (Å²) in [5, 5.41) is 0. The van der Waals surface area contributed by atoms with Gasteiger partial charge in [0.25, 0.3) is 10.0 Å². The van der Waals surface area contributed by atoms with Crippen molar-refractivity contribution in [3.05, 3.63) is 53.6 Å². The molecule has 0 bridgehead atoms. The Kier molecular flexibility index (Phi) is 4.56. The third kappa shape index (κ3) is 3.14. The van der Waals surface area contributed by atoms with Gasteiger partial charge < -0.3 is 4.90 Å². The van der Waals surface area contributed by atoms with Crippen molar-refractivity contribution in [2.75, 3.05) is 22.8 Å². The lowest BCUT2D eigenvalue weighted by Crippen LogP contribution is -2.33. The van der Waals surface area contributed by atoms with E-state index in [2.05, 4.69) is 0 Å². The van der Waals surface area contributed by atoms with Crippen molar-refractivity contribution in [3.63, 3.8) is 0 Å². The van der Waals surface area contributed by atoms with Crippen LogP contribution in [0.1, 0.15) is 24.5 Å². The SMILES string of the molecule is CCN(c1cccc(C)c1)S(=O)(=O)c1ccc2c(c1)CCC(=O)N2C. The van der Waals surface area contributed by atoms with Crippen LogP contribution in [0.4, 0.5) is 11.4 Å². The first kappa shape index (κ1) is 17.5. The van der Waals surface area contributed by atoms with Crippen LogP contribution in [0.25, 0.3) is 0 Å². The molecule has 2 aromatic carbocycles. The maximum atomic E-state index is 13.2. The fourth-order valence-electron chi connectivity index (χ4n) is 3.20. The van der Waals surface area contributed by atoms with E-state index < -0.39 is 10.0 Å². The fourth-order valence-corrected chi connectivity index (χ4v) is 4.71. The van der Waals surface area contributed by atoms with Gasteiger partial charge in [0.05, 0.1) is 10.6 Å². The van der Waals surface area contributed by atoms with Crippen LogP contribution in [-0.2, 0) is 21.2 Å². The van der Waals surface area contributed by atoms with Gasteiger partial charge in [-0.25, -0.2) is 8.42 Å². The van der Waals surface area contributed by atoms with Gasteiger partial charge in [0.15, 0.2) is 0 Å². The molecule has 25 heavy (non-hydrogen) atoms. The van der Waals surface area contributed by atoms with Gasteiger partial charge in [-0.05, 0) is 61.7 Å². The molecular formula is C19H22N2O3S. The first-order valence-electron chi connectivity index (χ1n) is 8.33. The van der Waals surface area contributed by atoms with Gasteiger partial charge >= 0.3 is 0 Å². The van der Waals surface area contributed by atoms with E-state index >= 15 is 0 Å². The number of carbonyl (C=O) groups is 1. The van der Waals surface area contributed by atoms with Crippen molar-refractivity contribution in [1.29, 1.82) is 0 Å². The smallest absolute Gasteiger partial charge is 0.264 e. The van der Waals surface area contributed by atoms with Crippen molar-refractivity contribution < 1.29 is 13.2 Å². The summed E-state index contributed by atoms with van der Waals surface area (Å²) in [5.41, 5.74) is 3.35. The summed E-state index contributed by atoms with van der Waals surface area (Å²) in [6, 6.07) is 12.5. The van der Waals surface area contributed by atoms with Gasteiger partial charge in [-0.2, -0.15) is 0 Å². The average molecular weight is 358 g/mol. The molecular weight excluding hydrogens is 336 g/mol. The van der Waals surface area contributed by atoms with Crippen molar-refractivity contribution in [1.82, 2.24) is 0 Å². The zero-order valence-corrected chi connectivity index (χ0v) is 15.5. The minimum atomic E-state index is -3.66. The predicted octanol–water partition coefficient (Wildman–Crippen LogP) is 3.12. The molecule has 2 aromatic rings. The molecule has 132 valence electrons. The molecule has 0 saturated carbocycles. The second-order valence-corrected chi connectivity index (χ2v) is 8.11. The highest BCUT2D eigenvalue weighted by molar-refractivity contribution is 7.92. The molecule has 1 aliphatic heterocycles. The summed E-state index contributed by atoms with van der Waals surface area (Å²) in [7, 11) is -1.93. The number of rotatable bonds is 4. The number of benzene rings is 2. The summed E-state index contributed by atoms with van der Waals surface area (Å²) in [4.78, 5) is 13.7. The monoisotopic (exact) mass is 358 g/mol. The van der Waals surface area contributed by atoms with E-state index in [1.807, 2.05) is 32.0 Å². The highest BCUT2D eigenvalue weighted by Gasteiger charge is 2.27. The lowest BCUT2D eigenvalue weighted by molar-refractivity contribution is -0.118. The number of amides is 1. The van der Waals surface area contributed by atoms with Crippen LogP contribution in [0.15, 0.2) is 47.4 Å². The Labute approximate surface area is 148 Å². The molecule has 0 aliphatic carbocycles. The summed E-state index contributed by atoms with van der Waals surface area (Å²) in [5.74, 6) is 0.0538. The van der Waals surface area contributed by atoms with Gasteiger partial charge in [0.2, 0.25) is 5.91 Å². The molecule has 1 aliphatic rings. The van der Waals surface area contributed by atoms with E-state index in [4.69, 9.17) is 0 Å². The van der Waals surface area contributed by atoms with Crippen molar-refractivity contribution >= 4 is 27.3 Å². The minimum absolute atomic E-state index is 0.0538. The van der Waals surface area contributed by atoms with Gasteiger partial charge in [0.1, 0.15) is 0 Å². The van der Waals surface area contributed by atoms with Gasteiger partial charge in [0, 0.05) is 25.7 Å². The second-order valence-electron chi connectivity index (χ2n) is 6.25. The van der Waals surface area contributed by atoms with Crippen molar-refractivity contribution in [2.24, 2.45) is 0 Å². The number of fused-ring (bicyclic) bond motifs is 1. The van der Waals surface area contributed by atoms with E-state index in [0.29, 0.717) is 25.1 Å². The first-order chi connectivity index (χ1) is 11.8. The third-order valence-corrected chi connectivity index (χ3v) is 6.46. The molecule has 0 unspecified atom stereocenters. The number of hydrogen-bond donors (Lipinski definition) is 0. The average Bonchev–Trinajstić information content (AvgIpc) is 2.58. The zero-order valence-electron chi connectivity index (χ0n) is 14.7. The number of carbonyl (C=O) groups excluding carboxylic acids is 1. The maximum absolute atomic E-state index is 13.2. The normalized spacial score (nSPS) is 14.4. The number of anilines is 2. The van der Waals surface area contributed by atoms with E-state index in [1.165, 1.54) is 4.31 Å². The summed E-state index contributed by atoms with van der Waals surface area (Å²) >= 11 is 0. The molecule has 0 atom stereocenters. The standard InChI is InChI=1S/C19H22N2O3S/c1-4-21(16-7-5-6-14(2)12-16)25(23,24)17-9-10-18-15(13-17)8-11-19(22)20(18)3/h5-7,9-10,12-13H,4,8,11H2,1-3H3. The Morgan fingerprint density at radius 2 is 1.88 bits per heavy atom. The second kappa shape index (κ2) is 6.52. The minimum Gasteiger partial charge on any atom is -0.315 e. The van der Waals surface area contributed by atoms with E-state index in [-0.39, 0.29) is 10.8 Å². The number of nitrogens with zero attached hydrogens (tertiary/aromatic N) is 2. The molecule has 1 amide bonds. The predicted molar refractivity (Wildman–Crippen MR) is 99.6 cm³/mol. The molecule has 0 N–H and O–H groups in total. The summed E-state index contributed by atoms with van der Waals surface area (Å²) in [6.07, 6.45) is 0.973. The molecule has 0 radical (unpaired) electrons. The molecule has 1 heterocycles. The molecule has 0 fully saturated rings. The van der Waals surface area contributed by atoms with Crippen molar-refractivity contribution in [3.8, 4) is 0 Å². The molecule has 3 rings (SSSR count). The molecule has 5 nitrogen and oxygen atoms in total. The Bertz CT molecular complexity index is 922. The fraction of sp³-hybridized carbons (Fsp3) is 0.316. The van der Waals surface area contributed by atoms with E-state index in [1.54, 1.807) is 36.2 Å². The number of sulfonamides is 1. The third-order valence-electron chi connectivity index (χ3n) is 4.56. The number of hydrogen-bond acceptors (Lipinski definition) is 3. The van der Waals surface area contributed by atoms with Gasteiger partial charge in [-0.3, -0.25) is 9.10 Å². The Morgan fingerprint density at radius 3 is 2.56 bits per heavy atom. The molecule has 0 aromatic heterocycles. The Balaban J connectivity index is 2.03. The van der Waals surface area contributed by atoms with E-state index in [0.717, 1.165) is 16.8 Å². The largest absolute Gasteiger partial charge is 0.315 e.